The third kappa shape index (κ3) is 3.65. The highest BCUT2D eigenvalue weighted by atomic mass is 16.5. The predicted octanol–water partition coefficient (Wildman–Crippen LogP) is 0.584. The summed E-state index contributed by atoms with van der Waals surface area (Å²) in [4.78, 5) is 16.2. The zero-order chi connectivity index (χ0) is 14.5. The van der Waals surface area contributed by atoms with Crippen LogP contribution in [-0.4, -0.2) is 46.5 Å². The van der Waals surface area contributed by atoms with E-state index >= 15 is 0 Å². The maximum Gasteiger partial charge on any atom is 0.227 e. The highest BCUT2D eigenvalue weighted by Crippen LogP contribution is 2.10. The van der Waals surface area contributed by atoms with Gasteiger partial charge < -0.3 is 15.4 Å². The molecule has 0 radical (unpaired) electrons. The standard InChI is InChI=1S/C14H17N5O2/c20-14(8-12-10-15-5-7-21-12)18-11-2-3-13(16-9-11)19-6-1-4-17-19/h1-4,6,9,12,15H,5,7-8,10H2,(H,18,20). The van der Waals surface area contributed by atoms with Gasteiger partial charge in [-0.1, -0.05) is 0 Å². The number of nitrogens with zero attached hydrogens (tertiary/aromatic N) is 3. The minimum atomic E-state index is -0.0719. The van der Waals surface area contributed by atoms with Crippen LogP contribution in [0.15, 0.2) is 36.8 Å². The molecule has 1 unspecified atom stereocenters. The summed E-state index contributed by atoms with van der Waals surface area (Å²) in [5.41, 5.74) is 0.666. The van der Waals surface area contributed by atoms with Gasteiger partial charge in [0.05, 0.1) is 31.0 Å². The molecule has 3 rings (SSSR count). The van der Waals surface area contributed by atoms with Crippen molar-refractivity contribution in [2.45, 2.75) is 12.5 Å². The molecule has 1 atom stereocenters. The number of pyridine rings is 1. The molecule has 2 aromatic heterocycles. The molecule has 2 N–H and O–H groups in total. The smallest absolute Gasteiger partial charge is 0.227 e. The van der Waals surface area contributed by atoms with Crippen molar-refractivity contribution in [1.82, 2.24) is 20.1 Å². The fraction of sp³-hybridized carbons (Fsp3) is 0.357. The van der Waals surface area contributed by atoms with Crippen LogP contribution in [0.25, 0.3) is 5.82 Å². The number of aromatic nitrogens is 3. The molecule has 7 nitrogen and oxygen atoms in total. The zero-order valence-corrected chi connectivity index (χ0v) is 11.5. The second kappa shape index (κ2) is 6.47. The average molecular weight is 287 g/mol. The third-order valence-corrected chi connectivity index (χ3v) is 3.19. The van der Waals surface area contributed by atoms with Gasteiger partial charge in [-0.05, 0) is 18.2 Å². The van der Waals surface area contributed by atoms with Crippen molar-refractivity contribution in [3.63, 3.8) is 0 Å². The van der Waals surface area contributed by atoms with E-state index in [2.05, 4.69) is 20.7 Å². The Hall–Kier alpha value is -2.25. The highest BCUT2D eigenvalue weighted by Gasteiger charge is 2.17. The molecular weight excluding hydrogens is 270 g/mol. The van der Waals surface area contributed by atoms with E-state index in [0.717, 1.165) is 6.54 Å². The van der Waals surface area contributed by atoms with E-state index in [1.54, 1.807) is 23.1 Å². The number of amides is 1. The lowest BCUT2D eigenvalue weighted by atomic mass is 10.2. The summed E-state index contributed by atoms with van der Waals surface area (Å²) in [6.07, 6.45) is 5.40. The van der Waals surface area contributed by atoms with Crippen molar-refractivity contribution in [1.29, 1.82) is 0 Å². The van der Waals surface area contributed by atoms with Crippen LogP contribution in [0, 0.1) is 0 Å². The Morgan fingerprint density at radius 2 is 2.48 bits per heavy atom. The Morgan fingerprint density at radius 1 is 1.52 bits per heavy atom. The molecule has 0 bridgehead atoms. The first-order valence-corrected chi connectivity index (χ1v) is 6.89. The SMILES string of the molecule is O=C(CC1CNCCO1)Nc1ccc(-n2cccn2)nc1. The number of morpholine rings is 1. The van der Waals surface area contributed by atoms with Crippen LogP contribution in [0.3, 0.4) is 0 Å². The molecule has 1 aliphatic rings. The monoisotopic (exact) mass is 287 g/mol. The summed E-state index contributed by atoms with van der Waals surface area (Å²) in [7, 11) is 0. The highest BCUT2D eigenvalue weighted by molar-refractivity contribution is 5.90. The van der Waals surface area contributed by atoms with Crippen LogP contribution in [0.2, 0.25) is 0 Å². The fourth-order valence-electron chi connectivity index (χ4n) is 2.17. The Balaban J connectivity index is 1.56. The minimum absolute atomic E-state index is 0.0601. The maximum absolute atomic E-state index is 11.9. The molecule has 110 valence electrons. The number of nitrogens with one attached hydrogen (secondary N) is 2. The molecule has 0 aliphatic carbocycles. The molecule has 7 heteroatoms. The molecule has 2 aromatic rings. The Bertz CT molecular complexity index is 576. The van der Waals surface area contributed by atoms with Crippen molar-refractivity contribution in [3.8, 4) is 5.82 Å². The summed E-state index contributed by atoms with van der Waals surface area (Å²) >= 11 is 0. The van der Waals surface area contributed by atoms with Crippen molar-refractivity contribution in [2.75, 3.05) is 25.0 Å². The second-order valence-corrected chi connectivity index (χ2v) is 4.80. The Labute approximate surface area is 122 Å². The lowest BCUT2D eigenvalue weighted by molar-refractivity contribution is -0.119. The van der Waals surface area contributed by atoms with Crippen LogP contribution in [0.5, 0.6) is 0 Å². The molecule has 1 amide bonds. The van der Waals surface area contributed by atoms with Gasteiger partial charge in [-0.25, -0.2) is 9.67 Å². The van der Waals surface area contributed by atoms with E-state index in [4.69, 9.17) is 4.74 Å². The summed E-state index contributed by atoms with van der Waals surface area (Å²) in [5.74, 6) is 0.634. The lowest BCUT2D eigenvalue weighted by Gasteiger charge is -2.23. The van der Waals surface area contributed by atoms with Gasteiger partial charge in [-0.2, -0.15) is 5.10 Å². The predicted molar refractivity (Wildman–Crippen MR) is 77.2 cm³/mol. The molecule has 3 heterocycles. The van der Waals surface area contributed by atoms with E-state index in [1.807, 2.05) is 18.3 Å². The molecule has 0 spiro atoms. The van der Waals surface area contributed by atoms with Crippen LogP contribution < -0.4 is 10.6 Å². The number of rotatable bonds is 4. The first kappa shape index (κ1) is 13.7. The number of ether oxygens (including phenoxy) is 1. The molecule has 21 heavy (non-hydrogen) atoms. The molecular formula is C14H17N5O2. The van der Waals surface area contributed by atoms with E-state index in [-0.39, 0.29) is 12.0 Å². The summed E-state index contributed by atoms with van der Waals surface area (Å²) < 4.78 is 7.16. The maximum atomic E-state index is 11.9. The van der Waals surface area contributed by atoms with Crippen molar-refractivity contribution in [2.24, 2.45) is 0 Å². The number of hydrogen-bond donors (Lipinski definition) is 2. The number of carbonyl (C=O) groups excluding carboxylic acids is 1. The van der Waals surface area contributed by atoms with Gasteiger partial charge in [-0.3, -0.25) is 4.79 Å². The van der Waals surface area contributed by atoms with Crippen LogP contribution >= 0.6 is 0 Å². The first-order valence-electron chi connectivity index (χ1n) is 6.89. The van der Waals surface area contributed by atoms with Crippen LogP contribution in [0.4, 0.5) is 5.69 Å². The second-order valence-electron chi connectivity index (χ2n) is 4.80. The van der Waals surface area contributed by atoms with Crippen molar-refractivity contribution < 1.29 is 9.53 Å². The zero-order valence-electron chi connectivity index (χ0n) is 11.5. The molecule has 1 saturated heterocycles. The molecule has 0 saturated carbocycles. The number of carbonyl (C=O) groups is 1. The van der Waals surface area contributed by atoms with Crippen LogP contribution in [-0.2, 0) is 9.53 Å². The van der Waals surface area contributed by atoms with Gasteiger partial charge in [-0.15, -0.1) is 0 Å². The summed E-state index contributed by atoms with van der Waals surface area (Å²) in [5, 5.41) is 10.1. The number of anilines is 1. The Morgan fingerprint density at radius 3 is 3.14 bits per heavy atom. The minimum Gasteiger partial charge on any atom is -0.375 e. The number of hydrogen-bond acceptors (Lipinski definition) is 5. The third-order valence-electron chi connectivity index (χ3n) is 3.19. The Kier molecular flexibility index (Phi) is 4.23. The molecule has 1 fully saturated rings. The van der Waals surface area contributed by atoms with Gasteiger partial charge in [0, 0.05) is 25.5 Å². The quantitative estimate of drug-likeness (QED) is 0.860. The summed E-state index contributed by atoms with van der Waals surface area (Å²) in [6, 6.07) is 5.44. The van der Waals surface area contributed by atoms with E-state index < -0.39 is 0 Å². The lowest BCUT2D eigenvalue weighted by Crippen LogP contribution is -2.40. The van der Waals surface area contributed by atoms with Gasteiger partial charge in [0.15, 0.2) is 5.82 Å². The largest absolute Gasteiger partial charge is 0.375 e. The van der Waals surface area contributed by atoms with Crippen molar-refractivity contribution >= 4 is 11.6 Å². The van der Waals surface area contributed by atoms with Gasteiger partial charge in [0.25, 0.3) is 0 Å². The topological polar surface area (TPSA) is 81.1 Å². The van der Waals surface area contributed by atoms with Gasteiger partial charge in [0.2, 0.25) is 5.91 Å². The van der Waals surface area contributed by atoms with Crippen molar-refractivity contribution in [3.05, 3.63) is 36.8 Å². The normalized spacial score (nSPS) is 18.4. The average Bonchev–Trinajstić information content (AvgIpc) is 3.03. The van der Waals surface area contributed by atoms with Gasteiger partial charge in [0.1, 0.15) is 0 Å². The van der Waals surface area contributed by atoms with Crippen LogP contribution in [0.1, 0.15) is 6.42 Å². The first-order chi connectivity index (χ1) is 10.3. The fourth-order valence-corrected chi connectivity index (χ4v) is 2.17. The molecule has 1 aliphatic heterocycles. The summed E-state index contributed by atoms with van der Waals surface area (Å²) in [6.45, 7) is 2.21. The van der Waals surface area contributed by atoms with E-state index in [9.17, 15) is 4.79 Å². The molecule has 0 aromatic carbocycles. The van der Waals surface area contributed by atoms with E-state index in [1.165, 1.54) is 0 Å². The van der Waals surface area contributed by atoms with Gasteiger partial charge >= 0.3 is 0 Å². The van der Waals surface area contributed by atoms with E-state index in [0.29, 0.717) is 31.1 Å².